The molecule has 2 aliphatic heterocycles. The number of rotatable bonds is 6. The SMILES string of the molecule is CCC(C)(C)n1nnnc1[C@@H](c1cc2cc3c(cc2[nH]c1=O)OCO3)N1CCN(C(=O)c2ccco2)CC1. The molecule has 0 radical (unpaired) electrons. The summed E-state index contributed by atoms with van der Waals surface area (Å²) >= 11 is 0. The fraction of sp³-hybridized carbons (Fsp3) is 0.423. The molecular formula is C26H29N7O5. The molecule has 1 N–H and O–H groups in total. The number of hydrogen-bond acceptors (Lipinski definition) is 9. The second-order valence-corrected chi connectivity index (χ2v) is 10.2. The average Bonchev–Trinajstić information content (AvgIpc) is 3.70. The minimum absolute atomic E-state index is 0.146. The zero-order chi connectivity index (χ0) is 26.4. The lowest BCUT2D eigenvalue weighted by Gasteiger charge is -2.39. The maximum Gasteiger partial charge on any atom is 0.289 e. The largest absolute Gasteiger partial charge is 0.459 e. The molecule has 12 heteroatoms. The minimum atomic E-state index is -0.532. The Hall–Kier alpha value is -4.19. The first kappa shape index (κ1) is 24.2. The number of furan rings is 1. The molecule has 198 valence electrons. The molecule has 0 spiro atoms. The predicted octanol–water partition coefficient (Wildman–Crippen LogP) is 2.53. The van der Waals surface area contributed by atoms with Gasteiger partial charge in [0.25, 0.3) is 11.5 Å². The first-order valence-corrected chi connectivity index (χ1v) is 12.7. The van der Waals surface area contributed by atoms with Gasteiger partial charge in [0.05, 0.1) is 17.3 Å². The number of carbonyl (C=O) groups is 1. The summed E-state index contributed by atoms with van der Waals surface area (Å²) in [4.78, 5) is 33.3. The van der Waals surface area contributed by atoms with Gasteiger partial charge in [-0.2, -0.15) is 0 Å². The average molecular weight is 520 g/mol. The number of ether oxygens (including phenoxy) is 2. The number of H-pyrrole nitrogens is 1. The predicted molar refractivity (Wildman–Crippen MR) is 136 cm³/mol. The van der Waals surface area contributed by atoms with E-state index in [2.05, 4.69) is 46.2 Å². The van der Waals surface area contributed by atoms with E-state index >= 15 is 0 Å². The second-order valence-electron chi connectivity index (χ2n) is 10.2. The van der Waals surface area contributed by atoms with Crippen molar-refractivity contribution in [2.75, 3.05) is 33.0 Å². The fourth-order valence-electron chi connectivity index (χ4n) is 5.00. The van der Waals surface area contributed by atoms with Gasteiger partial charge in [-0.15, -0.1) is 5.10 Å². The Balaban J connectivity index is 1.40. The number of aromatic amines is 1. The van der Waals surface area contributed by atoms with Crippen LogP contribution in [0.15, 0.2) is 45.8 Å². The molecule has 38 heavy (non-hydrogen) atoms. The van der Waals surface area contributed by atoms with Crippen molar-refractivity contribution in [3.63, 3.8) is 0 Å². The summed E-state index contributed by atoms with van der Waals surface area (Å²) < 4.78 is 18.2. The molecule has 1 saturated heterocycles. The van der Waals surface area contributed by atoms with Crippen molar-refractivity contribution in [3.8, 4) is 11.5 Å². The smallest absolute Gasteiger partial charge is 0.289 e. The Labute approximate surface area is 218 Å². The number of nitrogens with one attached hydrogen (secondary N) is 1. The van der Waals surface area contributed by atoms with E-state index in [0.29, 0.717) is 60.3 Å². The number of aromatic nitrogens is 5. The normalized spacial score (nSPS) is 16.8. The van der Waals surface area contributed by atoms with Crippen molar-refractivity contribution in [1.82, 2.24) is 35.0 Å². The van der Waals surface area contributed by atoms with Crippen LogP contribution in [-0.2, 0) is 5.54 Å². The lowest BCUT2D eigenvalue weighted by Crippen LogP contribution is -2.51. The van der Waals surface area contributed by atoms with Crippen LogP contribution in [0.3, 0.4) is 0 Å². The summed E-state index contributed by atoms with van der Waals surface area (Å²) in [6.45, 7) is 8.34. The number of pyridine rings is 1. The van der Waals surface area contributed by atoms with Gasteiger partial charge in [0, 0.05) is 43.2 Å². The van der Waals surface area contributed by atoms with E-state index in [9.17, 15) is 9.59 Å². The molecule has 0 saturated carbocycles. The van der Waals surface area contributed by atoms with Gasteiger partial charge < -0.3 is 23.8 Å². The first-order valence-electron chi connectivity index (χ1n) is 12.7. The standard InChI is InChI=1S/C26H29N7O5/c1-4-26(2,3)33-23(28-29-30-33)22(31-7-9-32(10-8-31)25(35)19-6-5-11-36-19)17-12-16-13-20-21(38-15-37-20)14-18(16)27-24(17)34/h5-6,11-14,22H,4,7-10,15H2,1-3H3,(H,27,34)/t22-/m1/s1. The first-order chi connectivity index (χ1) is 18.4. The Morgan fingerprint density at radius 1 is 1.13 bits per heavy atom. The third-order valence-corrected chi connectivity index (χ3v) is 7.54. The molecule has 1 atom stereocenters. The van der Waals surface area contributed by atoms with E-state index in [1.807, 2.05) is 12.1 Å². The number of piperazine rings is 1. The van der Waals surface area contributed by atoms with Crippen LogP contribution < -0.4 is 15.0 Å². The number of benzene rings is 1. The summed E-state index contributed by atoms with van der Waals surface area (Å²) in [7, 11) is 0. The Morgan fingerprint density at radius 2 is 1.89 bits per heavy atom. The van der Waals surface area contributed by atoms with Crippen molar-refractivity contribution in [2.45, 2.75) is 38.8 Å². The van der Waals surface area contributed by atoms with E-state index in [-0.39, 0.29) is 23.8 Å². The molecule has 2 aliphatic rings. The molecule has 1 aromatic carbocycles. The molecule has 4 aromatic rings. The molecule has 6 rings (SSSR count). The summed E-state index contributed by atoms with van der Waals surface area (Å²) in [5.41, 5.74) is 0.567. The van der Waals surface area contributed by atoms with Gasteiger partial charge in [0.2, 0.25) is 6.79 Å². The number of fused-ring (bicyclic) bond motifs is 2. The maximum atomic E-state index is 13.6. The molecule has 1 amide bonds. The molecule has 0 bridgehead atoms. The number of carbonyl (C=O) groups excluding carboxylic acids is 1. The van der Waals surface area contributed by atoms with Crippen LogP contribution in [0, 0.1) is 0 Å². The lowest BCUT2D eigenvalue weighted by atomic mass is 9.98. The number of nitrogens with zero attached hydrogens (tertiary/aromatic N) is 6. The second kappa shape index (κ2) is 9.28. The zero-order valence-corrected chi connectivity index (χ0v) is 21.5. The molecule has 5 heterocycles. The van der Waals surface area contributed by atoms with Crippen molar-refractivity contribution in [3.05, 3.63) is 64.1 Å². The third kappa shape index (κ3) is 4.10. The summed E-state index contributed by atoms with van der Waals surface area (Å²) in [6.07, 6.45) is 2.29. The van der Waals surface area contributed by atoms with Gasteiger partial charge in [0.1, 0.15) is 6.04 Å². The summed E-state index contributed by atoms with van der Waals surface area (Å²) in [5.74, 6) is 1.97. The van der Waals surface area contributed by atoms with Crippen molar-refractivity contribution in [2.24, 2.45) is 0 Å². The quantitative estimate of drug-likeness (QED) is 0.408. The van der Waals surface area contributed by atoms with E-state index in [0.717, 1.165) is 11.8 Å². The maximum absolute atomic E-state index is 13.6. The van der Waals surface area contributed by atoms with Gasteiger partial charge >= 0.3 is 0 Å². The molecule has 12 nitrogen and oxygen atoms in total. The highest BCUT2D eigenvalue weighted by atomic mass is 16.7. The number of amides is 1. The third-order valence-electron chi connectivity index (χ3n) is 7.54. The van der Waals surface area contributed by atoms with Gasteiger partial charge in [-0.3, -0.25) is 14.5 Å². The van der Waals surface area contributed by atoms with Gasteiger partial charge in [0.15, 0.2) is 23.1 Å². The van der Waals surface area contributed by atoms with E-state index in [1.165, 1.54) is 6.26 Å². The summed E-state index contributed by atoms with van der Waals surface area (Å²) in [5, 5.41) is 13.6. The van der Waals surface area contributed by atoms with Crippen molar-refractivity contribution < 1.29 is 18.7 Å². The van der Waals surface area contributed by atoms with Crippen LogP contribution in [0.2, 0.25) is 0 Å². The van der Waals surface area contributed by atoms with Crippen molar-refractivity contribution in [1.29, 1.82) is 0 Å². The fourth-order valence-corrected chi connectivity index (χ4v) is 5.00. The Morgan fingerprint density at radius 3 is 2.61 bits per heavy atom. The number of hydrogen-bond donors (Lipinski definition) is 1. The zero-order valence-electron chi connectivity index (χ0n) is 21.5. The van der Waals surface area contributed by atoms with Gasteiger partial charge in [-0.1, -0.05) is 6.92 Å². The highest BCUT2D eigenvalue weighted by Gasteiger charge is 2.36. The number of tetrazole rings is 1. The van der Waals surface area contributed by atoms with Crippen LogP contribution >= 0.6 is 0 Å². The summed E-state index contributed by atoms with van der Waals surface area (Å²) in [6, 6.07) is 8.36. The van der Waals surface area contributed by atoms with Crippen LogP contribution in [0.5, 0.6) is 11.5 Å². The molecule has 1 fully saturated rings. The topological polar surface area (TPSA) is 132 Å². The van der Waals surface area contributed by atoms with E-state index < -0.39 is 6.04 Å². The molecule has 0 unspecified atom stereocenters. The lowest BCUT2D eigenvalue weighted by molar-refractivity contribution is 0.0554. The van der Waals surface area contributed by atoms with Crippen molar-refractivity contribution >= 4 is 16.8 Å². The van der Waals surface area contributed by atoms with Gasteiger partial charge in [-0.05, 0) is 55.0 Å². The molecule has 0 aliphatic carbocycles. The highest BCUT2D eigenvalue weighted by Crippen LogP contribution is 2.37. The molecular weight excluding hydrogens is 490 g/mol. The van der Waals surface area contributed by atoms with Gasteiger partial charge in [-0.25, -0.2) is 4.68 Å². The van der Waals surface area contributed by atoms with E-state index in [4.69, 9.17) is 13.9 Å². The molecule has 3 aromatic heterocycles. The van der Waals surface area contributed by atoms with Crippen LogP contribution in [0.4, 0.5) is 0 Å². The van der Waals surface area contributed by atoms with Crippen LogP contribution in [0.25, 0.3) is 10.9 Å². The minimum Gasteiger partial charge on any atom is -0.459 e. The van der Waals surface area contributed by atoms with E-state index in [1.54, 1.807) is 27.8 Å². The van der Waals surface area contributed by atoms with Crippen LogP contribution in [0.1, 0.15) is 55.2 Å². The Bertz CT molecular complexity index is 1530. The monoisotopic (exact) mass is 519 g/mol. The Kier molecular flexibility index (Phi) is 5.90. The van der Waals surface area contributed by atoms with Crippen LogP contribution in [-0.4, -0.2) is 73.9 Å². The highest BCUT2D eigenvalue weighted by molar-refractivity contribution is 5.91.